The Balaban J connectivity index is 1.58. The van der Waals surface area contributed by atoms with Gasteiger partial charge in [-0.15, -0.1) is 0 Å². The first-order valence-electron chi connectivity index (χ1n) is 10.9. The first kappa shape index (κ1) is 22.9. The molecule has 3 aromatic carbocycles. The van der Waals surface area contributed by atoms with Gasteiger partial charge >= 0.3 is 0 Å². The van der Waals surface area contributed by atoms with Crippen LogP contribution in [0.15, 0.2) is 135 Å². The Morgan fingerprint density at radius 3 is 1.23 bits per heavy atom. The molecular formula is C27H22N2O4S2. The Hall–Kier alpha value is -3.88. The van der Waals surface area contributed by atoms with Gasteiger partial charge in [-0.05, 0) is 54.1 Å². The third kappa shape index (κ3) is 4.34. The van der Waals surface area contributed by atoms with Crippen molar-refractivity contribution in [1.29, 1.82) is 0 Å². The molecule has 0 saturated carbocycles. The molecule has 0 radical (unpaired) electrons. The van der Waals surface area contributed by atoms with Crippen molar-refractivity contribution in [2.24, 2.45) is 0 Å². The highest BCUT2D eigenvalue weighted by molar-refractivity contribution is 7.91. The molecule has 0 amide bonds. The monoisotopic (exact) mass is 502 g/mol. The minimum atomic E-state index is -3.73. The van der Waals surface area contributed by atoms with E-state index in [0.717, 1.165) is 5.56 Å². The van der Waals surface area contributed by atoms with E-state index >= 15 is 0 Å². The molecule has 176 valence electrons. The van der Waals surface area contributed by atoms with E-state index in [1.165, 1.54) is 12.1 Å². The average Bonchev–Trinajstić information content (AvgIpc) is 3.58. The maximum Gasteiger partial charge on any atom is 0.221 e. The molecule has 0 unspecified atom stereocenters. The molecule has 2 aromatic heterocycles. The molecule has 0 aliphatic heterocycles. The lowest BCUT2D eigenvalue weighted by Crippen LogP contribution is -2.08. The highest BCUT2D eigenvalue weighted by Crippen LogP contribution is 2.33. The van der Waals surface area contributed by atoms with Gasteiger partial charge in [-0.25, -0.2) is 16.8 Å². The Labute approximate surface area is 204 Å². The van der Waals surface area contributed by atoms with Gasteiger partial charge in [-0.1, -0.05) is 66.7 Å². The number of aromatic amines is 2. The summed E-state index contributed by atoms with van der Waals surface area (Å²) >= 11 is 0. The molecule has 0 aliphatic rings. The number of nitrogens with one attached hydrogen (secondary N) is 2. The van der Waals surface area contributed by atoms with Gasteiger partial charge in [0, 0.05) is 11.4 Å². The molecular weight excluding hydrogens is 480 g/mol. The van der Waals surface area contributed by atoms with E-state index in [0.29, 0.717) is 11.4 Å². The van der Waals surface area contributed by atoms with E-state index in [-0.39, 0.29) is 19.8 Å². The summed E-state index contributed by atoms with van der Waals surface area (Å²) in [5.74, 6) is -0.435. The van der Waals surface area contributed by atoms with Gasteiger partial charge in [-0.3, -0.25) is 0 Å². The van der Waals surface area contributed by atoms with Crippen LogP contribution in [0.4, 0.5) is 0 Å². The van der Waals surface area contributed by atoms with E-state index < -0.39 is 25.6 Å². The van der Waals surface area contributed by atoms with Crippen LogP contribution < -0.4 is 0 Å². The summed E-state index contributed by atoms with van der Waals surface area (Å²) in [4.78, 5) is 6.53. The third-order valence-electron chi connectivity index (χ3n) is 5.80. The van der Waals surface area contributed by atoms with E-state index in [9.17, 15) is 16.8 Å². The van der Waals surface area contributed by atoms with Crippen molar-refractivity contribution in [3.05, 3.63) is 132 Å². The molecule has 0 aliphatic carbocycles. The van der Waals surface area contributed by atoms with Crippen molar-refractivity contribution in [3.8, 4) is 0 Å². The Bertz CT molecular complexity index is 1550. The molecule has 0 bridgehead atoms. The van der Waals surface area contributed by atoms with Gasteiger partial charge in [0.05, 0.1) is 15.7 Å². The Kier molecular flexibility index (Phi) is 5.92. The zero-order chi connectivity index (χ0) is 24.5. The maximum absolute atomic E-state index is 13.1. The molecule has 0 spiro atoms. The van der Waals surface area contributed by atoms with E-state index in [2.05, 4.69) is 9.97 Å². The highest BCUT2D eigenvalue weighted by Gasteiger charge is 2.26. The topological polar surface area (TPSA) is 99.9 Å². The summed E-state index contributed by atoms with van der Waals surface area (Å²) in [5.41, 5.74) is 2.12. The van der Waals surface area contributed by atoms with Crippen molar-refractivity contribution in [2.75, 3.05) is 0 Å². The van der Waals surface area contributed by atoms with Crippen LogP contribution in [0.5, 0.6) is 0 Å². The quantitative estimate of drug-likeness (QED) is 0.320. The summed E-state index contributed by atoms with van der Waals surface area (Å²) in [7, 11) is -7.46. The lowest BCUT2D eigenvalue weighted by atomic mass is 9.93. The molecule has 5 aromatic rings. The predicted octanol–water partition coefficient (Wildman–Crippen LogP) is 5.19. The first-order chi connectivity index (χ1) is 16.9. The highest BCUT2D eigenvalue weighted by atomic mass is 32.2. The minimum Gasteiger partial charge on any atom is -0.348 e. The number of hydrogen-bond acceptors (Lipinski definition) is 4. The van der Waals surface area contributed by atoms with E-state index in [4.69, 9.17) is 0 Å². The van der Waals surface area contributed by atoms with E-state index in [1.54, 1.807) is 72.8 Å². The van der Waals surface area contributed by atoms with Crippen molar-refractivity contribution in [2.45, 2.75) is 25.8 Å². The van der Waals surface area contributed by atoms with Crippen molar-refractivity contribution in [1.82, 2.24) is 9.97 Å². The number of aromatic nitrogens is 2. The fourth-order valence-electron chi connectivity index (χ4n) is 4.06. The van der Waals surface area contributed by atoms with Gasteiger partial charge in [-0.2, -0.15) is 0 Å². The predicted molar refractivity (Wildman–Crippen MR) is 133 cm³/mol. The summed E-state index contributed by atoms with van der Waals surface area (Å²) in [6, 6.07) is 32.5. The van der Waals surface area contributed by atoms with Gasteiger partial charge in [0.1, 0.15) is 10.1 Å². The second-order valence-electron chi connectivity index (χ2n) is 8.03. The summed E-state index contributed by atoms with van der Waals surface area (Å²) in [6.45, 7) is 0. The maximum atomic E-state index is 13.1. The van der Waals surface area contributed by atoms with Crippen molar-refractivity contribution in [3.63, 3.8) is 0 Å². The summed E-state index contributed by atoms with van der Waals surface area (Å²) < 4.78 is 52.5. The standard InChI is InChI=1S/C27H22N2O4S2/c30-34(31,21-12-6-2-7-13-21)25-18-16-23(28-25)27(20-10-4-1-5-11-20)24-17-19-26(29-24)35(32,33)22-14-8-3-9-15-22/h1-19,27-29H. The van der Waals surface area contributed by atoms with Crippen LogP contribution in [0.2, 0.25) is 0 Å². The molecule has 0 saturated heterocycles. The van der Waals surface area contributed by atoms with Crippen LogP contribution in [-0.2, 0) is 19.7 Å². The van der Waals surface area contributed by atoms with Gasteiger partial charge in [0.25, 0.3) is 0 Å². The summed E-state index contributed by atoms with van der Waals surface area (Å²) in [5, 5.41) is 0.145. The van der Waals surface area contributed by atoms with Crippen LogP contribution >= 0.6 is 0 Å². The zero-order valence-corrected chi connectivity index (χ0v) is 20.1. The fraction of sp³-hybridized carbons (Fsp3) is 0.0370. The number of sulfone groups is 2. The molecule has 8 heteroatoms. The van der Waals surface area contributed by atoms with Gasteiger partial charge in [0.15, 0.2) is 0 Å². The number of hydrogen-bond donors (Lipinski definition) is 2. The van der Waals surface area contributed by atoms with E-state index in [1.807, 2.05) is 30.3 Å². The van der Waals surface area contributed by atoms with Crippen LogP contribution in [0.25, 0.3) is 0 Å². The largest absolute Gasteiger partial charge is 0.348 e. The molecule has 0 atom stereocenters. The SMILES string of the molecule is O=S(=O)(c1ccccc1)c1ccc(C(c2ccccc2)c2ccc(S(=O)(=O)c3ccccc3)[nH]2)[nH]1. The lowest BCUT2D eigenvalue weighted by molar-refractivity contribution is 0.591. The third-order valence-corrected chi connectivity index (χ3v) is 9.22. The molecule has 35 heavy (non-hydrogen) atoms. The molecule has 2 heterocycles. The molecule has 0 fully saturated rings. The van der Waals surface area contributed by atoms with Crippen molar-refractivity contribution < 1.29 is 16.8 Å². The minimum absolute atomic E-state index is 0.0725. The smallest absolute Gasteiger partial charge is 0.221 e. The summed E-state index contributed by atoms with van der Waals surface area (Å²) in [6.07, 6.45) is 0. The molecule has 5 rings (SSSR count). The second-order valence-corrected chi connectivity index (χ2v) is 11.9. The first-order valence-corrected chi connectivity index (χ1v) is 13.9. The molecule has 2 N–H and O–H groups in total. The molecule has 6 nitrogen and oxygen atoms in total. The number of rotatable bonds is 7. The van der Waals surface area contributed by atoms with Crippen LogP contribution in [-0.4, -0.2) is 26.8 Å². The lowest BCUT2D eigenvalue weighted by Gasteiger charge is -2.15. The van der Waals surface area contributed by atoms with Crippen LogP contribution in [0.3, 0.4) is 0 Å². The zero-order valence-electron chi connectivity index (χ0n) is 18.5. The van der Waals surface area contributed by atoms with Crippen molar-refractivity contribution >= 4 is 19.7 Å². The average molecular weight is 503 g/mol. The Morgan fingerprint density at radius 2 is 0.829 bits per heavy atom. The normalized spacial score (nSPS) is 12.1. The number of benzene rings is 3. The Morgan fingerprint density at radius 1 is 0.457 bits per heavy atom. The number of H-pyrrole nitrogens is 2. The van der Waals surface area contributed by atoms with Crippen LogP contribution in [0.1, 0.15) is 22.9 Å². The van der Waals surface area contributed by atoms with Gasteiger partial charge < -0.3 is 9.97 Å². The van der Waals surface area contributed by atoms with Gasteiger partial charge in [0.2, 0.25) is 19.7 Å². The second kappa shape index (κ2) is 9.05. The fourth-order valence-corrected chi connectivity index (χ4v) is 6.60. The van der Waals surface area contributed by atoms with Crippen LogP contribution in [0, 0.1) is 0 Å².